The van der Waals surface area contributed by atoms with Crippen LogP contribution in [0.15, 0.2) is 35.2 Å². The summed E-state index contributed by atoms with van der Waals surface area (Å²) in [6, 6.07) is 10.6. The fourth-order valence-electron chi connectivity index (χ4n) is 2.37. The number of rotatable bonds is 5. The topological polar surface area (TPSA) is 12.0 Å². The summed E-state index contributed by atoms with van der Waals surface area (Å²) in [6.07, 6.45) is 5.50. The molecule has 0 radical (unpaired) electrons. The minimum atomic E-state index is 0.428. The number of hydrogen-bond acceptors (Lipinski definition) is 2. The molecular weight excluding hydrogens is 214 g/mol. The first-order valence-electron chi connectivity index (χ1n) is 6.21. The van der Waals surface area contributed by atoms with Crippen LogP contribution in [0.1, 0.15) is 32.6 Å². The summed E-state index contributed by atoms with van der Waals surface area (Å²) in [5.41, 5.74) is 0.428. The lowest BCUT2D eigenvalue weighted by Crippen LogP contribution is -2.40. The van der Waals surface area contributed by atoms with Gasteiger partial charge in [0.2, 0.25) is 0 Å². The van der Waals surface area contributed by atoms with E-state index in [0.717, 1.165) is 6.54 Å². The Morgan fingerprint density at radius 3 is 2.56 bits per heavy atom. The van der Waals surface area contributed by atoms with E-state index in [1.54, 1.807) is 0 Å². The zero-order valence-corrected chi connectivity index (χ0v) is 10.9. The minimum absolute atomic E-state index is 0.428. The molecule has 1 nitrogen and oxygen atoms in total. The predicted octanol–water partition coefficient (Wildman–Crippen LogP) is 3.70. The molecule has 16 heavy (non-hydrogen) atoms. The van der Waals surface area contributed by atoms with Crippen LogP contribution in [0.3, 0.4) is 0 Å². The highest BCUT2D eigenvalue weighted by Gasteiger charge is 2.27. The van der Waals surface area contributed by atoms with E-state index in [4.69, 9.17) is 0 Å². The highest BCUT2D eigenvalue weighted by Crippen LogP contribution is 2.28. The molecule has 0 spiro atoms. The molecule has 1 aromatic carbocycles. The van der Waals surface area contributed by atoms with Crippen molar-refractivity contribution in [1.82, 2.24) is 5.32 Å². The SMILES string of the molecule is CC1(NCCSc2ccccc2)CCCC1. The molecule has 0 aromatic heterocycles. The van der Waals surface area contributed by atoms with Gasteiger partial charge in [-0.25, -0.2) is 0 Å². The normalized spacial score (nSPS) is 18.8. The van der Waals surface area contributed by atoms with Gasteiger partial charge < -0.3 is 5.32 Å². The van der Waals surface area contributed by atoms with E-state index in [1.165, 1.54) is 36.3 Å². The lowest BCUT2D eigenvalue weighted by Gasteiger charge is -2.25. The van der Waals surface area contributed by atoms with Crippen molar-refractivity contribution < 1.29 is 0 Å². The van der Waals surface area contributed by atoms with E-state index in [1.807, 2.05) is 11.8 Å². The molecule has 1 aliphatic rings. The summed E-state index contributed by atoms with van der Waals surface area (Å²) in [4.78, 5) is 1.38. The molecule has 2 heteroatoms. The molecule has 1 fully saturated rings. The number of benzene rings is 1. The van der Waals surface area contributed by atoms with Gasteiger partial charge in [0.1, 0.15) is 0 Å². The largest absolute Gasteiger partial charge is 0.311 e. The van der Waals surface area contributed by atoms with Gasteiger partial charge in [-0.15, -0.1) is 11.8 Å². The van der Waals surface area contributed by atoms with Crippen molar-refractivity contribution in [2.75, 3.05) is 12.3 Å². The first kappa shape index (κ1) is 12.0. The summed E-state index contributed by atoms with van der Waals surface area (Å²) in [6.45, 7) is 3.49. The Morgan fingerprint density at radius 2 is 1.88 bits per heavy atom. The fraction of sp³-hybridized carbons (Fsp3) is 0.571. The lowest BCUT2D eigenvalue weighted by atomic mass is 10.0. The number of nitrogens with one attached hydrogen (secondary N) is 1. The van der Waals surface area contributed by atoms with Gasteiger partial charge >= 0.3 is 0 Å². The van der Waals surface area contributed by atoms with Gasteiger partial charge in [-0.2, -0.15) is 0 Å². The van der Waals surface area contributed by atoms with E-state index in [0.29, 0.717) is 5.54 Å². The van der Waals surface area contributed by atoms with Crippen molar-refractivity contribution in [3.8, 4) is 0 Å². The molecule has 1 N–H and O–H groups in total. The van der Waals surface area contributed by atoms with Gasteiger partial charge in [0.05, 0.1) is 0 Å². The number of thioether (sulfide) groups is 1. The first-order valence-corrected chi connectivity index (χ1v) is 7.20. The molecule has 0 heterocycles. The third-order valence-corrected chi connectivity index (χ3v) is 4.39. The molecule has 88 valence electrons. The molecule has 0 aliphatic heterocycles. The first-order chi connectivity index (χ1) is 7.79. The van der Waals surface area contributed by atoms with E-state index >= 15 is 0 Å². The maximum atomic E-state index is 3.71. The van der Waals surface area contributed by atoms with Crippen LogP contribution in [-0.4, -0.2) is 17.8 Å². The highest BCUT2D eigenvalue weighted by molar-refractivity contribution is 7.99. The van der Waals surface area contributed by atoms with E-state index in [9.17, 15) is 0 Å². The zero-order chi connectivity index (χ0) is 11.3. The van der Waals surface area contributed by atoms with Gasteiger partial charge in [-0.3, -0.25) is 0 Å². The third-order valence-electron chi connectivity index (χ3n) is 3.37. The van der Waals surface area contributed by atoms with Gasteiger partial charge in [0.25, 0.3) is 0 Å². The smallest absolute Gasteiger partial charge is 0.0153 e. The second kappa shape index (κ2) is 5.74. The van der Waals surface area contributed by atoms with Crippen LogP contribution < -0.4 is 5.32 Å². The molecule has 0 atom stereocenters. The van der Waals surface area contributed by atoms with Gasteiger partial charge in [-0.05, 0) is 31.9 Å². The van der Waals surface area contributed by atoms with Crippen LogP contribution >= 0.6 is 11.8 Å². The van der Waals surface area contributed by atoms with E-state index in [-0.39, 0.29) is 0 Å². The van der Waals surface area contributed by atoms with E-state index in [2.05, 4.69) is 42.6 Å². The number of hydrogen-bond donors (Lipinski definition) is 1. The fourth-order valence-corrected chi connectivity index (χ4v) is 3.16. The Bertz CT molecular complexity index is 304. The zero-order valence-electron chi connectivity index (χ0n) is 10.0. The molecule has 2 rings (SSSR count). The molecule has 0 unspecified atom stereocenters. The predicted molar refractivity (Wildman–Crippen MR) is 72.0 cm³/mol. The second-order valence-electron chi connectivity index (χ2n) is 4.86. The molecule has 1 aliphatic carbocycles. The molecular formula is C14H21NS. The standard InChI is InChI=1S/C14H21NS/c1-14(9-5-6-10-14)15-11-12-16-13-7-3-2-4-8-13/h2-4,7-8,15H,5-6,9-12H2,1H3. The Kier molecular flexibility index (Phi) is 4.30. The van der Waals surface area contributed by atoms with E-state index < -0.39 is 0 Å². The van der Waals surface area contributed by atoms with Crippen LogP contribution in [0.2, 0.25) is 0 Å². The monoisotopic (exact) mass is 235 g/mol. The van der Waals surface area contributed by atoms with Crippen LogP contribution in [0, 0.1) is 0 Å². The van der Waals surface area contributed by atoms with Gasteiger partial charge in [-0.1, -0.05) is 31.0 Å². The average Bonchev–Trinajstić information content (AvgIpc) is 2.74. The Hall–Kier alpha value is -0.470. The van der Waals surface area contributed by atoms with Crippen molar-refractivity contribution in [2.45, 2.75) is 43.0 Å². The summed E-state index contributed by atoms with van der Waals surface area (Å²) >= 11 is 1.94. The summed E-state index contributed by atoms with van der Waals surface area (Å²) < 4.78 is 0. The Morgan fingerprint density at radius 1 is 1.19 bits per heavy atom. The molecule has 1 aromatic rings. The minimum Gasteiger partial charge on any atom is -0.311 e. The van der Waals surface area contributed by atoms with Gasteiger partial charge in [0.15, 0.2) is 0 Å². The quantitative estimate of drug-likeness (QED) is 0.617. The lowest BCUT2D eigenvalue weighted by molar-refractivity contribution is 0.376. The highest BCUT2D eigenvalue weighted by atomic mass is 32.2. The van der Waals surface area contributed by atoms with Crippen molar-refractivity contribution in [2.24, 2.45) is 0 Å². The summed E-state index contributed by atoms with van der Waals surface area (Å²) in [5.74, 6) is 1.17. The van der Waals surface area contributed by atoms with Crippen LogP contribution in [0.5, 0.6) is 0 Å². The van der Waals surface area contributed by atoms with Crippen molar-refractivity contribution in [1.29, 1.82) is 0 Å². The summed E-state index contributed by atoms with van der Waals surface area (Å²) in [5, 5.41) is 3.71. The molecule has 0 amide bonds. The van der Waals surface area contributed by atoms with Crippen LogP contribution in [0.25, 0.3) is 0 Å². The average molecular weight is 235 g/mol. The maximum Gasteiger partial charge on any atom is 0.0153 e. The van der Waals surface area contributed by atoms with Crippen molar-refractivity contribution in [3.05, 3.63) is 30.3 Å². The molecule has 0 saturated heterocycles. The maximum absolute atomic E-state index is 3.71. The Balaban J connectivity index is 1.65. The van der Waals surface area contributed by atoms with Crippen LogP contribution in [0.4, 0.5) is 0 Å². The van der Waals surface area contributed by atoms with Crippen molar-refractivity contribution >= 4 is 11.8 Å². The van der Waals surface area contributed by atoms with Gasteiger partial charge in [0, 0.05) is 22.7 Å². The summed E-state index contributed by atoms with van der Waals surface area (Å²) in [7, 11) is 0. The second-order valence-corrected chi connectivity index (χ2v) is 6.02. The van der Waals surface area contributed by atoms with Crippen LogP contribution in [-0.2, 0) is 0 Å². The Labute approximate surface area is 103 Å². The molecule has 1 saturated carbocycles. The third kappa shape index (κ3) is 3.53. The van der Waals surface area contributed by atoms with Crippen molar-refractivity contribution in [3.63, 3.8) is 0 Å². The molecule has 0 bridgehead atoms.